The van der Waals surface area contributed by atoms with Crippen LogP contribution in [-0.4, -0.2) is 35.1 Å². The number of pyridine rings is 1. The van der Waals surface area contributed by atoms with Crippen molar-refractivity contribution < 1.29 is 0 Å². The van der Waals surface area contributed by atoms with E-state index >= 15 is 0 Å². The summed E-state index contributed by atoms with van der Waals surface area (Å²) in [5.74, 6) is 1.60. The largest absolute Gasteiger partial charge is 0.326 e. The van der Waals surface area contributed by atoms with Gasteiger partial charge in [-0.2, -0.15) is 0 Å². The summed E-state index contributed by atoms with van der Waals surface area (Å²) < 4.78 is 0. The minimum Gasteiger partial charge on any atom is -0.326 e. The molecule has 1 aliphatic heterocycles. The highest BCUT2D eigenvalue weighted by Crippen LogP contribution is 2.07. The van der Waals surface area contributed by atoms with Gasteiger partial charge in [0.05, 0.1) is 12.7 Å². The van der Waals surface area contributed by atoms with Gasteiger partial charge in [0.25, 0.3) is 0 Å². The lowest BCUT2D eigenvalue weighted by atomic mass is 10.4. The molecule has 3 N–H and O–H groups in total. The van der Waals surface area contributed by atoms with E-state index in [4.69, 9.17) is 5.73 Å². The number of hydrogen-bond donors (Lipinski definition) is 2. The predicted octanol–water partition coefficient (Wildman–Crippen LogP) is 0.470. The summed E-state index contributed by atoms with van der Waals surface area (Å²) in [5, 5.41) is 3.16. The SMILES string of the molecule is CC(N)N1CCN=C1Nc1ccccn1. The zero-order valence-electron chi connectivity index (χ0n) is 8.72. The molecule has 1 aromatic heterocycles. The van der Waals surface area contributed by atoms with Crippen molar-refractivity contribution in [2.24, 2.45) is 10.7 Å². The average molecular weight is 205 g/mol. The minimum absolute atomic E-state index is 0.0255. The molecule has 2 heterocycles. The Morgan fingerprint density at radius 1 is 1.53 bits per heavy atom. The molecule has 1 aromatic rings. The molecule has 5 nitrogen and oxygen atoms in total. The van der Waals surface area contributed by atoms with Crippen molar-refractivity contribution in [1.29, 1.82) is 0 Å². The highest BCUT2D eigenvalue weighted by molar-refractivity contribution is 5.94. The smallest absolute Gasteiger partial charge is 0.201 e. The molecule has 0 amide bonds. The number of nitrogens with two attached hydrogens (primary N) is 1. The molecule has 0 aromatic carbocycles. The summed E-state index contributed by atoms with van der Waals surface area (Å²) in [5.41, 5.74) is 5.83. The van der Waals surface area contributed by atoms with Crippen LogP contribution in [-0.2, 0) is 0 Å². The van der Waals surface area contributed by atoms with Crippen LogP contribution in [0.4, 0.5) is 5.82 Å². The van der Waals surface area contributed by atoms with Gasteiger partial charge in [-0.1, -0.05) is 6.07 Å². The Bertz CT molecular complexity index is 346. The van der Waals surface area contributed by atoms with E-state index in [0.29, 0.717) is 0 Å². The number of nitrogens with zero attached hydrogens (tertiary/aromatic N) is 3. The van der Waals surface area contributed by atoms with Crippen molar-refractivity contribution in [3.05, 3.63) is 24.4 Å². The highest BCUT2D eigenvalue weighted by Gasteiger charge is 2.19. The van der Waals surface area contributed by atoms with Crippen molar-refractivity contribution in [3.8, 4) is 0 Å². The molecule has 1 unspecified atom stereocenters. The van der Waals surface area contributed by atoms with Crippen molar-refractivity contribution in [3.63, 3.8) is 0 Å². The summed E-state index contributed by atoms with van der Waals surface area (Å²) in [6, 6.07) is 5.71. The lowest BCUT2D eigenvalue weighted by Gasteiger charge is -2.24. The fraction of sp³-hybridized carbons (Fsp3) is 0.400. The molecule has 0 spiro atoms. The third-order valence-corrected chi connectivity index (χ3v) is 2.27. The van der Waals surface area contributed by atoms with Gasteiger partial charge in [-0.05, 0) is 19.1 Å². The van der Waals surface area contributed by atoms with Gasteiger partial charge in [0.2, 0.25) is 5.96 Å². The van der Waals surface area contributed by atoms with Crippen molar-refractivity contribution >= 4 is 11.8 Å². The van der Waals surface area contributed by atoms with Gasteiger partial charge in [-0.25, -0.2) is 4.98 Å². The Balaban J connectivity index is 2.06. The summed E-state index contributed by atoms with van der Waals surface area (Å²) in [6.45, 7) is 3.60. The Morgan fingerprint density at radius 2 is 2.40 bits per heavy atom. The second-order valence-electron chi connectivity index (χ2n) is 3.48. The lowest BCUT2D eigenvalue weighted by Crippen LogP contribution is -2.44. The Morgan fingerprint density at radius 3 is 3.07 bits per heavy atom. The molecule has 1 atom stereocenters. The maximum absolute atomic E-state index is 5.83. The van der Waals surface area contributed by atoms with Crippen LogP contribution in [0.3, 0.4) is 0 Å². The maximum atomic E-state index is 5.83. The first-order valence-corrected chi connectivity index (χ1v) is 5.02. The summed E-state index contributed by atoms with van der Waals surface area (Å²) in [6.07, 6.45) is 1.72. The van der Waals surface area contributed by atoms with E-state index < -0.39 is 0 Å². The second-order valence-corrected chi connectivity index (χ2v) is 3.48. The molecule has 0 bridgehead atoms. The Labute approximate surface area is 89.0 Å². The fourth-order valence-electron chi connectivity index (χ4n) is 1.52. The third kappa shape index (κ3) is 2.24. The van der Waals surface area contributed by atoms with Crippen LogP contribution in [0, 0.1) is 0 Å². The van der Waals surface area contributed by atoms with Crippen LogP contribution in [0.15, 0.2) is 29.4 Å². The van der Waals surface area contributed by atoms with E-state index in [1.807, 2.05) is 30.0 Å². The van der Waals surface area contributed by atoms with Gasteiger partial charge < -0.3 is 16.0 Å². The summed E-state index contributed by atoms with van der Waals surface area (Å²) in [7, 11) is 0. The monoisotopic (exact) mass is 205 g/mol. The number of rotatable bonds is 2. The molecule has 0 saturated carbocycles. The Hall–Kier alpha value is -1.62. The number of guanidine groups is 1. The molecule has 5 heteroatoms. The first kappa shape index (κ1) is 9.92. The van der Waals surface area contributed by atoms with Crippen LogP contribution >= 0.6 is 0 Å². The summed E-state index contributed by atoms with van der Waals surface area (Å²) in [4.78, 5) is 10.5. The Kier molecular flexibility index (Phi) is 2.82. The van der Waals surface area contributed by atoms with E-state index in [1.54, 1.807) is 6.20 Å². The van der Waals surface area contributed by atoms with Crippen LogP contribution in [0.1, 0.15) is 6.92 Å². The van der Waals surface area contributed by atoms with Crippen molar-refractivity contribution in [2.45, 2.75) is 13.1 Å². The molecule has 80 valence electrons. The van der Waals surface area contributed by atoms with Gasteiger partial charge in [-0.15, -0.1) is 0 Å². The number of nitrogens with one attached hydrogen (secondary N) is 1. The first-order chi connectivity index (χ1) is 7.27. The minimum atomic E-state index is -0.0255. The van der Waals surface area contributed by atoms with Crippen molar-refractivity contribution in [2.75, 3.05) is 18.4 Å². The molecule has 2 rings (SSSR count). The predicted molar refractivity (Wildman–Crippen MR) is 60.5 cm³/mol. The third-order valence-electron chi connectivity index (χ3n) is 2.27. The zero-order valence-corrected chi connectivity index (χ0v) is 8.72. The molecule has 0 radical (unpaired) electrons. The van der Waals surface area contributed by atoms with E-state index in [1.165, 1.54) is 0 Å². The number of hydrogen-bond acceptors (Lipinski definition) is 5. The molecule has 15 heavy (non-hydrogen) atoms. The zero-order chi connectivity index (χ0) is 10.7. The first-order valence-electron chi connectivity index (χ1n) is 5.02. The average Bonchev–Trinajstić information content (AvgIpc) is 2.67. The topological polar surface area (TPSA) is 66.5 Å². The lowest BCUT2D eigenvalue weighted by molar-refractivity contribution is 0.365. The highest BCUT2D eigenvalue weighted by atomic mass is 15.4. The van der Waals surface area contributed by atoms with Gasteiger partial charge in [0, 0.05) is 12.7 Å². The van der Waals surface area contributed by atoms with E-state index in [2.05, 4.69) is 15.3 Å². The van der Waals surface area contributed by atoms with E-state index in [9.17, 15) is 0 Å². The van der Waals surface area contributed by atoms with Crippen LogP contribution in [0.25, 0.3) is 0 Å². The molecular weight excluding hydrogens is 190 g/mol. The molecule has 0 fully saturated rings. The van der Waals surface area contributed by atoms with Gasteiger partial charge in [0.15, 0.2) is 0 Å². The number of aliphatic imine (C=N–C) groups is 1. The quantitative estimate of drug-likeness (QED) is 0.736. The van der Waals surface area contributed by atoms with E-state index in [0.717, 1.165) is 24.9 Å². The van der Waals surface area contributed by atoms with Crippen molar-refractivity contribution in [1.82, 2.24) is 9.88 Å². The molecule has 0 aliphatic carbocycles. The van der Waals surface area contributed by atoms with Gasteiger partial charge in [-0.3, -0.25) is 4.99 Å². The number of aromatic nitrogens is 1. The molecular formula is C10H15N5. The number of anilines is 1. The second kappa shape index (κ2) is 4.27. The van der Waals surface area contributed by atoms with Crippen LogP contribution in [0.2, 0.25) is 0 Å². The van der Waals surface area contributed by atoms with Gasteiger partial charge in [0.1, 0.15) is 5.82 Å². The normalized spacial score (nSPS) is 17.5. The standard InChI is InChI=1S/C10H15N5/c1-8(11)15-7-6-13-10(15)14-9-4-2-3-5-12-9/h2-5,8H,6-7,11H2,1H3,(H,12,13,14). The van der Waals surface area contributed by atoms with Gasteiger partial charge >= 0.3 is 0 Å². The maximum Gasteiger partial charge on any atom is 0.201 e. The van der Waals surface area contributed by atoms with Crippen LogP contribution in [0.5, 0.6) is 0 Å². The molecule has 1 aliphatic rings. The van der Waals surface area contributed by atoms with Crippen LogP contribution < -0.4 is 11.1 Å². The summed E-state index contributed by atoms with van der Waals surface area (Å²) >= 11 is 0. The fourth-order valence-corrected chi connectivity index (χ4v) is 1.52. The molecule has 0 saturated heterocycles. The van der Waals surface area contributed by atoms with E-state index in [-0.39, 0.29) is 6.17 Å².